The van der Waals surface area contributed by atoms with Crippen LogP contribution in [-0.2, 0) is 0 Å². The first-order valence-electron chi connectivity index (χ1n) is 10.1. The zero-order valence-corrected chi connectivity index (χ0v) is 18.2. The summed E-state index contributed by atoms with van der Waals surface area (Å²) in [6.45, 7) is 1.10. The lowest BCUT2D eigenvalue weighted by Gasteiger charge is -2.31. The molecule has 4 rings (SSSR count). The molecule has 0 saturated carbocycles. The first-order valence-corrected chi connectivity index (χ1v) is 10.9. The lowest BCUT2D eigenvalue weighted by molar-refractivity contribution is 0.102. The van der Waals surface area contributed by atoms with Gasteiger partial charge in [-0.25, -0.2) is 9.18 Å². The normalized spacial score (nSPS) is 15.8. The fourth-order valence-corrected chi connectivity index (χ4v) is 4.41. The number of piperidine rings is 1. The molecule has 2 aromatic carbocycles. The summed E-state index contributed by atoms with van der Waals surface area (Å²) in [7, 11) is 1.55. The minimum absolute atomic E-state index is 0.0135. The van der Waals surface area contributed by atoms with Gasteiger partial charge in [0.25, 0.3) is 5.91 Å². The molecule has 1 unspecified atom stereocenters. The van der Waals surface area contributed by atoms with Crippen LogP contribution in [-0.4, -0.2) is 47.2 Å². The number of hydrogen-bond donors (Lipinski definition) is 2. The van der Waals surface area contributed by atoms with Gasteiger partial charge < -0.3 is 20.3 Å². The molecule has 3 aromatic rings. The van der Waals surface area contributed by atoms with Crippen molar-refractivity contribution in [2.75, 3.05) is 30.8 Å². The Balaban J connectivity index is 1.40. The van der Waals surface area contributed by atoms with Crippen LogP contribution in [0.4, 0.5) is 20.6 Å². The molecule has 1 saturated heterocycles. The van der Waals surface area contributed by atoms with Crippen molar-refractivity contribution >= 4 is 34.6 Å². The summed E-state index contributed by atoms with van der Waals surface area (Å²) in [5.74, 6) is -0.303. The number of urea groups is 1. The van der Waals surface area contributed by atoms with Gasteiger partial charge in [0.05, 0.1) is 12.8 Å². The van der Waals surface area contributed by atoms with Crippen LogP contribution in [0.25, 0.3) is 0 Å². The average Bonchev–Trinajstić information content (AvgIpc) is 3.30. The van der Waals surface area contributed by atoms with Gasteiger partial charge in [0, 0.05) is 24.7 Å². The van der Waals surface area contributed by atoms with Gasteiger partial charge in [-0.2, -0.15) is 0 Å². The average molecular weight is 456 g/mol. The van der Waals surface area contributed by atoms with Crippen molar-refractivity contribution in [2.45, 2.75) is 18.8 Å². The van der Waals surface area contributed by atoms with E-state index < -0.39 is 11.7 Å². The molecule has 2 heterocycles. The minimum Gasteiger partial charge on any atom is -0.495 e. The lowest BCUT2D eigenvalue weighted by atomic mass is 9.99. The van der Waals surface area contributed by atoms with E-state index in [2.05, 4.69) is 20.8 Å². The summed E-state index contributed by atoms with van der Waals surface area (Å²) in [4.78, 5) is 27.0. The molecule has 2 N–H and O–H groups in total. The van der Waals surface area contributed by atoms with Gasteiger partial charge in [-0.1, -0.05) is 29.5 Å². The summed E-state index contributed by atoms with van der Waals surface area (Å²) in [6, 6.07) is 12.7. The number of nitrogens with one attached hydrogen (secondary N) is 2. The molecule has 0 bridgehead atoms. The van der Waals surface area contributed by atoms with Gasteiger partial charge in [-0.3, -0.25) is 4.79 Å². The number of ether oxygens (including phenoxy) is 1. The molecule has 8 nitrogen and oxygen atoms in total. The lowest BCUT2D eigenvalue weighted by Crippen LogP contribution is -2.41. The molecule has 0 aliphatic carbocycles. The number of anilines is 2. The first-order chi connectivity index (χ1) is 15.5. The number of amides is 3. The molecule has 1 atom stereocenters. The molecule has 1 aliphatic rings. The summed E-state index contributed by atoms with van der Waals surface area (Å²) >= 11 is 1.19. The van der Waals surface area contributed by atoms with Crippen molar-refractivity contribution in [3.8, 4) is 5.75 Å². The number of nitrogens with zero attached hydrogens (tertiary/aromatic N) is 3. The van der Waals surface area contributed by atoms with Gasteiger partial charge in [0.1, 0.15) is 16.6 Å². The molecule has 0 spiro atoms. The highest BCUT2D eigenvalue weighted by atomic mass is 32.1. The predicted octanol–water partition coefficient (Wildman–Crippen LogP) is 4.35. The number of para-hydroxylation sites is 2. The zero-order valence-electron chi connectivity index (χ0n) is 17.4. The molecule has 1 fully saturated rings. The van der Waals surface area contributed by atoms with Gasteiger partial charge in [-0.05, 0) is 43.2 Å². The Morgan fingerprint density at radius 3 is 2.81 bits per heavy atom. The summed E-state index contributed by atoms with van der Waals surface area (Å²) in [5, 5.41) is 14.6. The number of carbonyl (C=O) groups is 2. The standard InChI is InChI=1S/C22H22FN5O3S/c1-31-18-10-3-2-9-17(18)25-22(30)28-11-5-6-14(13-28)20-26-27-21(32-20)19(29)24-16-8-4-7-15(23)12-16/h2-4,7-10,12,14H,5-6,11,13H2,1H3,(H,24,29)(H,25,30). The Hall–Kier alpha value is -3.53. The molecule has 3 amide bonds. The van der Waals surface area contributed by atoms with E-state index in [-0.39, 0.29) is 17.0 Å². The van der Waals surface area contributed by atoms with E-state index in [9.17, 15) is 14.0 Å². The second kappa shape index (κ2) is 9.73. The van der Waals surface area contributed by atoms with Crippen LogP contribution in [0.5, 0.6) is 5.75 Å². The van der Waals surface area contributed by atoms with Crippen molar-refractivity contribution < 1.29 is 18.7 Å². The Kier molecular flexibility index (Phi) is 6.60. The highest BCUT2D eigenvalue weighted by Crippen LogP contribution is 2.30. The fourth-order valence-electron chi connectivity index (χ4n) is 3.55. The topological polar surface area (TPSA) is 96.4 Å². The van der Waals surface area contributed by atoms with Crippen LogP contribution in [0.3, 0.4) is 0 Å². The van der Waals surface area contributed by atoms with Gasteiger partial charge in [-0.15, -0.1) is 10.2 Å². The number of aromatic nitrogens is 2. The first kappa shape index (κ1) is 21.7. The van der Waals surface area contributed by atoms with E-state index in [4.69, 9.17) is 4.74 Å². The largest absolute Gasteiger partial charge is 0.495 e. The third-order valence-corrected chi connectivity index (χ3v) is 6.21. The maximum absolute atomic E-state index is 13.3. The maximum Gasteiger partial charge on any atom is 0.321 e. The third-order valence-electron chi connectivity index (χ3n) is 5.12. The van der Waals surface area contributed by atoms with Gasteiger partial charge in [0.15, 0.2) is 0 Å². The van der Waals surface area contributed by atoms with E-state index >= 15 is 0 Å². The number of likely N-dealkylation sites (tertiary alicyclic amines) is 1. The fraction of sp³-hybridized carbons (Fsp3) is 0.273. The van der Waals surface area contributed by atoms with Crippen molar-refractivity contribution in [3.63, 3.8) is 0 Å². The number of methoxy groups -OCH3 is 1. The van der Waals surface area contributed by atoms with Crippen LogP contribution in [0.1, 0.15) is 33.6 Å². The van der Waals surface area contributed by atoms with E-state index in [1.54, 1.807) is 30.2 Å². The van der Waals surface area contributed by atoms with Crippen LogP contribution in [0.15, 0.2) is 48.5 Å². The Morgan fingerprint density at radius 2 is 2.00 bits per heavy atom. The molecule has 0 radical (unpaired) electrons. The quantitative estimate of drug-likeness (QED) is 0.596. The minimum atomic E-state index is -0.444. The molecular weight excluding hydrogens is 433 g/mol. The van der Waals surface area contributed by atoms with Crippen LogP contribution < -0.4 is 15.4 Å². The molecule has 32 heavy (non-hydrogen) atoms. The number of halogens is 1. The molecule has 166 valence electrons. The van der Waals surface area contributed by atoms with Crippen molar-refractivity contribution in [1.82, 2.24) is 15.1 Å². The Labute approximate surface area is 188 Å². The second-order valence-electron chi connectivity index (χ2n) is 7.33. The van der Waals surface area contributed by atoms with Crippen molar-refractivity contribution in [1.29, 1.82) is 0 Å². The van der Waals surface area contributed by atoms with Gasteiger partial charge >= 0.3 is 6.03 Å². The molecule has 1 aliphatic heterocycles. The Morgan fingerprint density at radius 1 is 1.16 bits per heavy atom. The number of rotatable bonds is 5. The van der Waals surface area contributed by atoms with Crippen molar-refractivity contribution in [2.24, 2.45) is 0 Å². The van der Waals surface area contributed by atoms with E-state index in [0.29, 0.717) is 35.2 Å². The summed E-state index contributed by atoms with van der Waals surface area (Å²) in [6.07, 6.45) is 1.66. The van der Waals surface area contributed by atoms with Crippen LogP contribution in [0.2, 0.25) is 0 Å². The maximum atomic E-state index is 13.3. The van der Waals surface area contributed by atoms with Crippen molar-refractivity contribution in [3.05, 3.63) is 64.4 Å². The monoisotopic (exact) mass is 455 g/mol. The number of benzene rings is 2. The smallest absolute Gasteiger partial charge is 0.321 e. The predicted molar refractivity (Wildman–Crippen MR) is 120 cm³/mol. The second-order valence-corrected chi connectivity index (χ2v) is 8.33. The van der Waals surface area contributed by atoms with Crippen LogP contribution >= 0.6 is 11.3 Å². The Bertz CT molecular complexity index is 1120. The SMILES string of the molecule is COc1ccccc1NC(=O)N1CCCC(c2nnc(C(=O)Nc3cccc(F)c3)s2)C1. The summed E-state index contributed by atoms with van der Waals surface area (Å²) < 4.78 is 18.6. The number of carbonyl (C=O) groups excluding carboxylic acids is 2. The molecule has 1 aromatic heterocycles. The third kappa shape index (κ3) is 5.02. The van der Waals surface area contributed by atoms with Crippen LogP contribution in [0, 0.1) is 5.82 Å². The van der Waals surface area contributed by atoms with E-state index in [1.807, 2.05) is 12.1 Å². The summed E-state index contributed by atoms with van der Waals surface area (Å²) in [5.41, 5.74) is 0.956. The zero-order chi connectivity index (χ0) is 22.5. The molecule has 10 heteroatoms. The van der Waals surface area contributed by atoms with Gasteiger partial charge in [0.2, 0.25) is 5.01 Å². The highest BCUT2D eigenvalue weighted by Gasteiger charge is 2.28. The van der Waals surface area contributed by atoms with E-state index in [0.717, 1.165) is 12.8 Å². The highest BCUT2D eigenvalue weighted by molar-refractivity contribution is 7.13. The number of hydrogen-bond acceptors (Lipinski definition) is 6. The molecular formula is C22H22FN5O3S. The van der Waals surface area contributed by atoms with E-state index in [1.165, 1.54) is 29.5 Å².